The van der Waals surface area contributed by atoms with Gasteiger partial charge in [-0.1, -0.05) is 6.07 Å². The standard InChI is InChI=1S/C13H12N2O4S2/c1-9-4-5-11-12(8-20(16,17)13(11)15-9)21(18,19)10-3-2-6-14-7-10/h2-7,12H,8H2,1H3. The van der Waals surface area contributed by atoms with Gasteiger partial charge in [0.15, 0.2) is 24.7 Å². The lowest BCUT2D eigenvalue weighted by Crippen LogP contribution is -2.15. The van der Waals surface area contributed by atoms with Crippen LogP contribution in [-0.4, -0.2) is 32.6 Å². The fourth-order valence-corrected chi connectivity index (χ4v) is 6.59. The van der Waals surface area contributed by atoms with E-state index in [1.807, 2.05) is 0 Å². The van der Waals surface area contributed by atoms with E-state index >= 15 is 0 Å². The Balaban J connectivity index is 2.20. The van der Waals surface area contributed by atoms with Crippen molar-refractivity contribution in [3.05, 3.63) is 47.9 Å². The molecular weight excluding hydrogens is 312 g/mol. The summed E-state index contributed by atoms with van der Waals surface area (Å²) in [5.74, 6) is -0.476. The molecule has 0 N–H and O–H groups in total. The number of rotatable bonds is 2. The van der Waals surface area contributed by atoms with Crippen LogP contribution in [0.5, 0.6) is 0 Å². The highest BCUT2D eigenvalue weighted by atomic mass is 32.2. The third-order valence-corrected chi connectivity index (χ3v) is 7.35. The van der Waals surface area contributed by atoms with Crippen LogP contribution in [0, 0.1) is 6.92 Å². The van der Waals surface area contributed by atoms with Crippen LogP contribution in [0.15, 0.2) is 46.6 Å². The van der Waals surface area contributed by atoms with Crippen molar-refractivity contribution in [2.24, 2.45) is 0 Å². The van der Waals surface area contributed by atoms with Gasteiger partial charge < -0.3 is 0 Å². The summed E-state index contributed by atoms with van der Waals surface area (Å²) >= 11 is 0. The average molecular weight is 324 g/mol. The summed E-state index contributed by atoms with van der Waals surface area (Å²) in [6.07, 6.45) is 2.69. The molecule has 0 fully saturated rings. The number of aryl methyl sites for hydroxylation is 1. The van der Waals surface area contributed by atoms with Crippen molar-refractivity contribution in [1.82, 2.24) is 9.97 Å². The first-order valence-corrected chi connectivity index (χ1v) is 9.36. The van der Waals surface area contributed by atoms with Crippen molar-refractivity contribution in [3.8, 4) is 0 Å². The molecule has 0 amide bonds. The highest BCUT2D eigenvalue weighted by molar-refractivity contribution is 7.96. The molecule has 0 radical (unpaired) electrons. The maximum atomic E-state index is 12.6. The average Bonchev–Trinajstić information content (AvgIpc) is 2.72. The molecule has 3 heterocycles. The van der Waals surface area contributed by atoms with E-state index in [1.165, 1.54) is 30.6 Å². The quantitative estimate of drug-likeness (QED) is 0.820. The summed E-state index contributed by atoms with van der Waals surface area (Å²) in [5.41, 5.74) is 0.779. The fraction of sp³-hybridized carbons (Fsp3) is 0.231. The minimum absolute atomic E-state index is 0.0126. The van der Waals surface area contributed by atoms with Gasteiger partial charge in [-0.05, 0) is 25.1 Å². The summed E-state index contributed by atoms with van der Waals surface area (Å²) in [6.45, 7) is 1.67. The largest absolute Gasteiger partial charge is 0.263 e. The third-order valence-electron chi connectivity index (χ3n) is 3.38. The van der Waals surface area contributed by atoms with Gasteiger partial charge in [0, 0.05) is 23.7 Å². The van der Waals surface area contributed by atoms with Crippen LogP contribution < -0.4 is 0 Å². The molecule has 1 atom stereocenters. The molecule has 1 aliphatic heterocycles. The van der Waals surface area contributed by atoms with E-state index in [-0.39, 0.29) is 15.5 Å². The summed E-state index contributed by atoms with van der Waals surface area (Å²) in [7, 11) is -7.50. The Morgan fingerprint density at radius 1 is 1.24 bits per heavy atom. The zero-order chi connectivity index (χ0) is 15.3. The molecule has 0 saturated heterocycles. The van der Waals surface area contributed by atoms with Crippen LogP contribution in [0.3, 0.4) is 0 Å². The maximum absolute atomic E-state index is 12.6. The highest BCUT2D eigenvalue weighted by Crippen LogP contribution is 2.39. The van der Waals surface area contributed by atoms with Crippen molar-refractivity contribution < 1.29 is 16.8 Å². The highest BCUT2D eigenvalue weighted by Gasteiger charge is 2.44. The first-order chi connectivity index (χ1) is 9.82. The fourth-order valence-electron chi connectivity index (χ4n) is 2.34. The molecule has 3 rings (SSSR count). The number of fused-ring (bicyclic) bond motifs is 1. The molecule has 2 aromatic rings. The molecule has 0 saturated carbocycles. The van der Waals surface area contributed by atoms with Crippen molar-refractivity contribution in [2.45, 2.75) is 22.1 Å². The van der Waals surface area contributed by atoms with E-state index in [0.717, 1.165) is 0 Å². The summed E-state index contributed by atoms with van der Waals surface area (Å²) in [5, 5.41) is -1.25. The Morgan fingerprint density at radius 3 is 2.67 bits per heavy atom. The van der Waals surface area contributed by atoms with Gasteiger partial charge in [-0.3, -0.25) is 4.98 Å². The lowest BCUT2D eigenvalue weighted by atomic mass is 10.2. The number of sulfone groups is 2. The van der Waals surface area contributed by atoms with Crippen molar-refractivity contribution in [3.63, 3.8) is 0 Å². The molecule has 0 bridgehead atoms. The minimum atomic E-state index is -3.82. The molecule has 0 aliphatic carbocycles. The Labute approximate surface area is 122 Å². The van der Waals surface area contributed by atoms with Crippen LogP contribution in [0.2, 0.25) is 0 Å². The van der Waals surface area contributed by atoms with E-state index in [0.29, 0.717) is 5.69 Å². The monoisotopic (exact) mass is 324 g/mol. The topological polar surface area (TPSA) is 94.1 Å². The van der Waals surface area contributed by atoms with Gasteiger partial charge in [-0.25, -0.2) is 21.8 Å². The second-order valence-corrected chi connectivity index (χ2v) is 8.93. The van der Waals surface area contributed by atoms with Crippen molar-refractivity contribution in [2.75, 3.05) is 5.75 Å². The van der Waals surface area contributed by atoms with Crippen LogP contribution in [0.1, 0.15) is 16.5 Å². The summed E-state index contributed by atoms with van der Waals surface area (Å²) in [4.78, 5) is 7.79. The minimum Gasteiger partial charge on any atom is -0.263 e. The number of nitrogens with zero attached hydrogens (tertiary/aromatic N) is 2. The normalized spacial score (nSPS) is 20.1. The number of hydrogen-bond acceptors (Lipinski definition) is 6. The first-order valence-electron chi connectivity index (χ1n) is 6.16. The molecule has 110 valence electrons. The van der Waals surface area contributed by atoms with Crippen LogP contribution >= 0.6 is 0 Å². The van der Waals surface area contributed by atoms with Gasteiger partial charge in [0.2, 0.25) is 0 Å². The Morgan fingerprint density at radius 2 is 2.00 bits per heavy atom. The lowest BCUT2D eigenvalue weighted by molar-refractivity contribution is 0.582. The third kappa shape index (κ3) is 2.24. The van der Waals surface area contributed by atoms with Crippen molar-refractivity contribution >= 4 is 19.7 Å². The molecule has 0 aromatic carbocycles. The molecule has 2 aromatic heterocycles. The molecule has 6 nitrogen and oxygen atoms in total. The van der Waals surface area contributed by atoms with Gasteiger partial charge >= 0.3 is 0 Å². The summed E-state index contributed by atoms with van der Waals surface area (Å²) in [6, 6.07) is 6.06. The SMILES string of the molecule is Cc1ccc2c(n1)S(=O)(=O)CC2S(=O)(=O)c1cccnc1. The van der Waals surface area contributed by atoms with E-state index in [1.54, 1.807) is 13.0 Å². The van der Waals surface area contributed by atoms with E-state index < -0.39 is 30.7 Å². The Hall–Kier alpha value is -1.80. The van der Waals surface area contributed by atoms with Gasteiger partial charge in [0.05, 0.1) is 10.6 Å². The van der Waals surface area contributed by atoms with E-state index in [9.17, 15) is 16.8 Å². The number of aromatic nitrogens is 2. The Kier molecular flexibility index (Phi) is 3.10. The van der Waals surface area contributed by atoms with Crippen LogP contribution in [0.25, 0.3) is 0 Å². The lowest BCUT2D eigenvalue weighted by Gasteiger charge is -2.11. The molecule has 1 aliphatic rings. The predicted octanol–water partition coefficient (Wildman–Crippen LogP) is 1.09. The number of hydrogen-bond donors (Lipinski definition) is 0. The maximum Gasteiger partial charge on any atom is 0.197 e. The van der Waals surface area contributed by atoms with Gasteiger partial charge in [0.1, 0.15) is 5.25 Å². The smallest absolute Gasteiger partial charge is 0.197 e. The van der Waals surface area contributed by atoms with Gasteiger partial charge in [-0.15, -0.1) is 0 Å². The van der Waals surface area contributed by atoms with E-state index in [2.05, 4.69) is 9.97 Å². The number of pyridine rings is 2. The molecule has 0 spiro atoms. The first kappa shape index (κ1) is 14.2. The Bertz CT molecular complexity index is 906. The van der Waals surface area contributed by atoms with Gasteiger partial charge in [0.25, 0.3) is 0 Å². The molecule has 1 unspecified atom stereocenters. The molecule has 8 heteroatoms. The van der Waals surface area contributed by atoms with E-state index in [4.69, 9.17) is 0 Å². The second-order valence-electron chi connectivity index (χ2n) is 4.85. The predicted molar refractivity (Wildman–Crippen MR) is 75.2 cm³/mol. The molecule has 21 heavy (non-hydrogen) atoms. The molecular formula is C13H12N2O4S2. The van der Waals surface area contributed by atoms with Crippen molar-refractivity contribution in [1.29, 1.82) is 0 Å². The van der Waals surface area contributed by atoms with Crippen LogP contribution in [-0.2, 0) is 19.7 Å². The zero-order valence-corrected chi connectivity index (χ0v) is 12.7. The summed E-state index contributed by atoms with van der Waals surface area (Å²) < 4.78 is 49.6. The second kappa shape index (κ2) is 4.60. The zero-order valence-electron chi connectivity index (χ0n) is 11.1. The van der Waals surface area contributed by atoms with Gasteiger partial charge in [-0.2, -0.15) is 0 Å². The van der Waals surface area contributed by atoms with Crippen LogP contribution in [0.4, 0.5) is 0 Å².